The fraction of sp³-hybridized carbons (Fsp3) is 0.275. The van der Waals surface area contributed by atoms with Crippen molar-refractivity contribution in [3.05, 3.63) is 291 Å². The second-order valence-electron chi connectivity index (χ2n) is 32.0. The van der Waals surface area contributed by atoms with E-state index in [1.165, 1.54) is 47.8 Å². The molecule has 617 valence electrons. The van der Waals surface area contributed by atoms with Gasteiger partial charge in [0.05, 0.1) is 54.1 Å². The van der Waals surface area contributed by atoms with Gasteiger partial charge in [-0.1, -0.05) is 208 Å². The number of aliphatic hydroxyl groups is 3. The number of aliphatic hydroxyl groups excluding tert-OH is 3. The van der Waals surface area contributed by atoms with Crippen LogP contribution in [0.1, 0.15) is 18.1 Å². The molecule has 6 aromatic carbocycles. The van der Waals surface area contributed by atoms with E-state index in [-0.39, 0.29) is 46.8 Å². The van der Waals surface area contributed by atoms with Gasteiger partial charge >= 0.3 is 35.7 Å². The fourth-order valence-corrected chi connectivity index (χ4v) is 17.9. The van der Waals surface area contributed by atoms with Gasteiger partial charge in [0, 0.05) is 83.7 Å². The molecule has 0 saturated heterocycles. The van der Waals surface area contributed by atoms with E-state index in [0.717, 1.165) is 76.2 Å². The number of hydrogen-bond acceptors (Lipinski definition) is 11. The fourth-order valence-electron chi connectivity index (χ4n) is 10.3. The van der Waals surface area contributed by atoms with Crippen molar-refractivity contribution in [2.75, 3.05) is 20.8 Å². The Morgan fingerprint density at radius 2 is 0.548 bits per heavy atom. The number of aromatic nitrogens is 6. The van der Waals surface area contributed by atoms with Gasteiger partial charge in [0.1, 0.15) is 0 Å². The Kier molecular flexibility index (Phi) is 46.0. The molecule has 0 amide bonds. The van der Waals surface area contributed by atoms with Crippen molar-refractivity contribution in [3.8, 4) is 67.5 Å². The maximum atomic E-state index is 10.7. The summed E-state index contributed by atoms with van der Waals surface area (Å²) in [7, 11) is -11.3. The van der Waals surface area contributed by atoms with Gasteiger partial charge in [-0.05, 0) is 92.0 Å². The molecule has 0 saturated carbocycles. The summed E-state index contributed by atoms with van der Waals surface area (Å²) in [5.74, 6) is 0. The van der Waals surface area contributed by atoms with Crippen molar-refractivity contribution >= 4 is 89.7 Å². The first kappa shape index (κ1) is 105. The third kappa shape index (κ3) is 37.7. The Balaban J connectivity index is 0.000000664. The van der Waals surface area contributed by atoms with E-state index in [2.05, 4.69) is 295 Å². The molecule has 12 aromatic rings. The summed E-state index contributed by atoms with van der Waals surface area (Å²) < 4.78 is 57.5. The zero-order chi connectivity index (χ0) is 85.0. The molecule has 0 unspecified atom stereocenters. The van der Waals surface area contributed by atoms with Crippen LogP contribution in [0.3, 0.4) is 0 Å². The number of benzene rings is 6. The maximum Gasteiger partial charge on any atom is 3.00 e. The molecule has 0 aliphatic rings. The number of pyridine rings is 6. The number of aryl methyl sites for hydroxylation is 2. The molecule has 24 heteroatoms. The number of rotatable bonds is 12. The Morgan fingerprint density at radius 1 is 0.339 bits per heavy atom. The molecule has 12 nitrogen and oxygen atoms in total. The predicted octanol–water partition coefficient (Wildman–Crippen LogP) is 19.0. The van der Waals surface area contributed by atoms with E-state index in [9.17, 15) is 13.2 Å². The number of nitrogens with zero attached hydrogens (tertiary/aromatic N) is 6. The van der Waals surface area contributed by atoms with E-state index < -0.39 is 64.1 Å². The second-order valence-corrected chi connectivity index (χ2v) is 63.8. The van der Waals surface area contributed by atoms with Crippen molar-refractivity contribution in [1.29, 1.82) is 0 Å². The first-order valence-electron chi connectivity index (χ1n) is 37.2. The second kappa shape index (κ2) is 50.2. The van der Waals surface area contributed by atoms with Gasteiger partial charge in [-0.2, -0.15) is 21.6 Å². The number of alkyl halides is 3. The topological polar surface area (TPSA) is 192 Å². The van der Waals surface area contributed by atoms with Crippen molar-refractivity contribution in [3.63, 3.8) is 0 Å². The molecule has 0 aliphatic carbocycles. The quantitative estimate of drug-likeness (QED) is 0.0392. The Labute approximate surface area is 718 Å². The van der Waals surface area contributed by atoms with Crippen molar-refractivity contribution in [1.82, 2.24) is 29.9 Å². The molecule has 115 heavy (non-hydrogen) atoms. The van der Waals surface area contributed by atoms with Crippen molar-refractivity contribution < 1.29 is 81.7 Å². The van der Waals surface area contributed by atoms with Gasteiger partial charge in [0.15, 0.2) is 0 Å². The molecule has 4 N–H and O–H groups in total. The minimum atomic E-state index is -5.84. The minimum Gasteiger partial charge on any atom is -0.400 e. The molecule has 0 spiro atoms. The van der Waals surface area contributed by atoms with E-state index in [1.807, 2.05) is 146 Å². The Morgan fingerprint density at radius 3 is 0.730 bits per heavy atom. The van der Waals surface area contributed by atoms with Crippen molar-refractivity contribution in [2.24, 2.45) is 0 Å². The summed E-state index contributed by atoms with van der Waals surface area (Å²) in [5, 5.41) is 30.0. The largest absolute Gasteiger partial charge is 3.00 e. The van der Waals surface area contributed by atoms with E-state index in [0.29, 0.717) is 0 Å². The predicted molar refractivity (Wildman–Crippen MR) is 486 cm³/mol. The van der Waals surface area contributed by atoms with Gasteiger partial charge < -0.3 is 40.2 Å². The maximum absolute atomic E-state index is 10.7. The first-order chi connectivity index (χ1) is 52.9. The molecule has 6 heterocycles. The smallest absolute Gasteiger partial charge is 0.400 e. The van der Waals surface area contributed by atoms with Crippen LogP contribution in [0.25, 0.3) is 67.5 Å². The summed E-state index contributed by atoms with van der Waals surface area (Å²) in [6.45, 7) is 48.4. The summed E-state index contributed by atoms with van der Waals surface area (Å²) >= 11 is 0. The molecule has 12 rings (SSSR count). The summed E-state index contributed by atoms with van der Waals surface area (Å²) in [6.07, 6.45) is 12.2. The van der Waals surface area contributed by atoms with E-state index in [1.54, 1.807) is 6.92 Å². The van der Waals surface area contributed by atoms with Crippen LogP contribution in [0.15, 0.2) is 250 Å². The summed E-state index contributed by atoms with van der Waals surface area (Å²) in [4.78, 5) is 27.3. The van der Waals surface area contributed by atoms with Crippen LogP contribution in [0.4, 0.5) is 13.2 Å². The number of halogens is 3. The van der Waals surface area contributed by atoms with E-state index >= 15 is 0 Å². The van der Waals surface area contributed by atoms with Crippen LogP contribution in [0, 0.1) is 44.2 Å². The van der Waals surface area contributed by atoms with Gasteiger partial charge in [-0.15, -0.1) is 179 Å². The van der Waals surface area contributed by atoms with Crippen LogP contribution in [-0.4, -0.2) is 133 Å². The van der Waals surface area contributed by atoms with Gasteiger partial charge in [0.2, 0.25) is 0 Å². The zero-order valence-corrected chi connectivity index (χ0v) is 82.5. The molecular weight excluding hydrogens is 1920 g/mol. The molecule has 1 radical (unpaired) electrons. The van der Waals surface area contributed by atoms with Crippen LogP contribution in [0.5, 0.6) is 0 Å². The minimum absolute atomic E-state index is 0. The van der Waals surface area contributed by atoms with Gasteiger partial charge in [-0.25, -0.2) is 0 Å². The first-order valence-corrected chi connectivity index (χ1v) is 59.6. The Hall–Kier alpha value is -7.60. The van der Waals surface area contributed by atoms with Crippen LogP contribution < -0.4 is 31.1 Å². The molecule has 0 bridgehead atoms. The number of hydrogen-bond donors (Lipinski definition) is 4. The molecule has 0 fully saturated rings. The summed E-state index contributed by atoms with van der Waals surface area (Å²) in [5.41, 5.74) is 9.79. The molecular formula is C91H116F3Ir2N6O6SSi6-2. The zero-order valence-electron chi connectivity index (χ0n) is 70.9. The van der Waals surface area contributed by atoms with Gasteiger partial charge in [-0.3, -0.25) is 9.54 Å². The third-order valence-corrected chi connectivity index (χ3v) is 29.6. The van der Waals surface area contributed by atoms with Crippen LogP contribution >= 0.6 is 0 Å². The average molecular weight is 2030 g/mol. The molecule has 0 atom stereocenters. The van der Waals surface area contributed by atoms with E-state index in [4.69, 9.17) is 28.3 Å². The molecule has 6 aromatic heterocycles. The average Bonchev–Trinajstić information content (AvgIpc) is 0.814. The SMILES string of the molecule is CCO.CO.CO.C[Si](C)(C)c1ccc(-c2[c-]cccc2)nc1.C[Si](C)(C)c1ccc(-c2[c-]cccc2)nc1.C[Si](C)(C)c1ccc(-c2[c-]cccc2)nc1.C[Si](C)(C)c1ccc(-c2[c-]cccc2)nc1.Cc1cc(-c2[c-]cccc2)ncc1[Si](C)(C)C.Cc1cc(-c2ccccc2)ncc1[Si](C)(C)C.O=S(=O)(O)C(F)(F)F.[Ir+3].[Ir]. The van der Waals surface area contributed by atoms with Crippen molar-refractivity contribution in [2.45, 2.75) is 144 Å². The van der Waals surface area contributed by atoms with Crippen LogP contribution in [-0.2, 0) is 50.3 Å². The standard InChI is InChI=1S/C15H19NSi.C15H18NSi.4C14H16NSi.C2H6O.CHF3O3S.2CH4O.2Ir/c2*1-12-10-14(13-8-6-5-7-9-13)16-11-15(12)17(2,3)4;4*1-16(2,3)13-9-10-14(15-11-13)12-7-5-4-6-8-12;1-2-3;2-1(3,4)8(5,6)7;2*1-2;;/h5-11H,1-4H3;5-8,10-11H,1-4H3;4*4-7,9-11H,1-3H3;3H,2H2,1H3;(H,5,6,7);2*2H,1H3;;/q;5*-1;;;;;;+3. The van der Waals surface area contributed by atoms with Crippen LogP contribution in [0.2, 0.25) is 118 Å². The Bertz CT molecular complexity index is 4310. The normalized spacial score (nSPS) is 11.0. The summed E-state index contributed by atoms with van der Waals surface area (Å²) in [6, 6.07) is 87.7. The van der Waals surface area contributed by atoms with Gasteiger partial charge in [0.25, 0.3) is 0 Å². The third-order valence-electron chi connectivity index (χ3n) is 16.6. The monoisotopic (exact) mass is 2030 g/mol. The molecule has 0 aliphatic heterocycles.